The molecular weight excluding hydrogens is 420 g/mol. The highest BCUT2D eigenvalue weighted by Gasteiger charge is 2.41. The summed E-state index contributed by atoms with van der Waals surface area (Å²) in [6, 6.07) is 7.16. The normalized spacial score (nSPS) is 18.0. The van der Waals surface area contributed by atoms with Gasteiger partial charge >= 0.3 is 0 Å². The molecule has 30 heavy (non-hydrogen) atoms. The molecule has 0 aromatic heterocycles. The number of amidine groups is 1. The van der Waals surface area contributed by atoms with Crippen molar-refractivity contribution in [3.8, 4) is 0 Å². The van der Waals surface area contributed by atoms with E-state index in [9.17, 15) is 9.59 Å². The van der Waals surface area contributed by atoms with Gasteiger partial charge in [0.05, 0.1) is 23.7 Å². The van der Waals surface area contributed by atoms with Crippen LogP contribution in [0, 0.1) is 0 Å². The Morgan fingerprint density at radius 2 is 2.00 bits per heavy atom. The number of amides is 2. The molecule has 0 bridgehead atoms. The Balaban J connectivity index is 2.10. The van der Waals surface area contributed by atoms with E-state index >= 15 is 0 Å². The molecule has 6 nitrogen and oxygen atoms in total. The Bertz CT molecular complexity index is 937. The summed E-state index contributed by atoms with van der Waals surface area (Å²) in [5.74, 6) is -0.0992. The minimum absolute atomic E-state index is 0.0421. The number of fused-ring (bicyclic) bond motifs is 1. The van der Waals surface area contributed by atoms with Crippen molar-refractivity contribution < 1.29 is 9.59 Å². The first-order valence-electron chi connectivity index (χ1n) is 10.2. The number of carbonyl (C=O) groups is 2. The van der Waals surface area contributed by atoms with Crippen molar-refractivity contribution in [2.45, 2.75) is 40.2 Å². The minimum Gasteiger partial charge on any atom is -0.356 e. The van der Waals surface area contributed by atoms with E-state index < -0.39 is 0 Å². The molecule has 0 radical (unpaired) electrons. The summed E-state index contributed by atoms with van der Waals surface area (Å²) in [6.45, 7) is 9.50. The number of hydrogen-bond acceptors (Lipinski definition) is 5. The molecule has 1 N–H and O–H groups in total. The van der Waals surface area contributed by atoms with Gasteiger partial charge in [0, 0.05) is 30.4 Å². The molecule has 0 fully saturated rings. The lowest BCUT2D eigenvalue weighted by Crippen LogP contribution is -2.42. The summed E-state index contributed by atoms with van der Waals surface area (Å²) < 4.78 is 0. The number of benzene rings is 1. The number of nitrogens with one attached hydrogen (secondary N) is 1. The van der Waals surface area contributed by atoms with E-state index in [0.717, 1.165) is 16.4 Å². The van der Waals surface area contributed by atoms with Gasteiger partial charge in [-0.25, -0.2) is 4.99 Å². The van der Waals surface area contributed by atoms with Gasteiger partial charge in [-0.2, -0.15) is 0 Å². The van der Waals surface area contributed by atoms with Gasteiger partial charge in [0.15, 0.2) is 5.17 Å². The van der Waals surface area contributed by atoms with E-state index in [1.807, 2.05) is 62.3 Å². The first kappa shape index (κ1) is 22.4. The predicted octanol–water partition coefficient (Wildman–Crippen LogP) is 4.31. The van der Waals surface area contributed by atoms with E-state index in [-0.39, 0.29) is 24.3 Å². The van der Waals surface area contributed by atoms with Crippen molar-refractivity contribution in [1.29, 1.82) is 0 Å². The number of thioether (sulfide) groups is 1. The third kappa shape index (κ3) is 4.42. The van der Waals surface area contributed by atoms with E-state index in [1.54, 1.807) is 4.90 Å². The maximum Gasteiger partial charge on any atom is 0.254 e. The second-order valence-corrected chi connectivity index (χ2v) is 8.33. The van der Waals surface area contributed by atoms with E-state index in [0.29, 0.717) is 35.9 Å². The van der Waals surface area contributed by atoms with Gasteiger partial charge in [-0.1, -0.05) is 35.5 Å². The molecule has 1 atom stereocenters. The molecular formula is C22H27ClN4O2S. The van der Waals surface area contributed by atoms with Crippen molar-refractivity contribution in [3.63, 3.8) is 0 Å². The fraction of sp³-hybridized carbons (Fsp3) is 0.409. The topological polar surface area (TPSA) is 65.0 Å². The standard InChI is InChI=1S/C22H27ClN4O2S/c1-5-24-18(28)12-17-13-30-22-25-14(4)19(21(29)26(6-2)7-3)20(27(17)22)15-9-8-10-16(23)11-15/h8-11,13,20H,5-7,12H2,1-4H3,(H,24,28). The van der Waals surface area contributed by atoms with Crippen molar-refractivity contribution in [1.82, 2.24) is 15.1 Å². The van der Waals surface area contributed by atoms with Gasteiger partial charge in [0.2, 0.25) is 5.91 Å². The van der Waals surface area contributed by atoms with Crippen molar-refractivity contribution >= 4 is 40.3 Å². The highest BCUT2D eigenvalue weighted by atomic mass is 35.5. The second kappa shape index (κ2) is 9.71. The zero-order valence-corrected chi connectivity index (χ0v) is 19.3. The minimum atomic E-state index is -0.389. The number of carbonyl (C=O) groups excluding carboxylic acids is 2. The first-order chi connectivity index (χ1) is 14.4. The molecule has 0 saturated carbocycles. The summed E-state index contributed by atoms with van der Waals surface area (Å²) in [4.78, 5) is 34.3. The largest absolute Gasteiger partial charge is 0.356 e. The molecule has 160 valence electrons. The van der Waals surface area contributed by atoms with Crippen LogP contribution in [-0.4, -0.2) is 46.4 Å². The molecule has 1 unspecified atom stereocenters. The summed E-state index contributed by atoms with van der Waals surface area (Å²) in [6.07, 6.45) is 0.225. The lowest BCUT2D eigenvalue weighted by Gasteiger charge is -2.38. The van der Waals surface area contributed by atoms with Crippen LogP contribution in [0.3, 0.4) is 0 Å². The average Bonchev–Trinajstić information content (AvgIpc) is 3.09. The third-order valence-electron chi connectivity index (χ3n) is 5.16. The van der Waals surface area contributed by atoms with Gasteiger partial charge < -0.3 is 15.1 Å². The Kier molecular flexibility index (Phi) is 7.26. The number of hydrogen-bond donors (Lipinski definition) is 1. The maximum absolute atomic E-state index is 13.5. The van der Waals surface area contributed by atoms with Gasteiger partial charge in [-0.05, 0) is 50.8 Å². The average molecular weight is 447 g/mol. The molecule has 2 aliphatic rings. The van der Waals surface area contributed by atoms with E-state index in [1.165, 1.54) is 11.8 Å². The van der Waals surface area contributed by atoms with Gasteiger partial charge in [0.25, 0.3) is 5.91 Å². The summed E-state index contributed by atoms with van der Waals surface area (Å²) in [5, 5.41) is 6.17. The summed E-state index contributed by atoms with van der Waals surface area (Å²) in [7, 11) is 0. The van der Waals surface area contributed by atoms with Crippen LogP contribution in [0.5, 0.6) is 0 Å². The number of nitrogens with zero attached hydrogens (tertiary/aromatic N) is 3. The van der Waals surface area contributed by atoms with E-state index in [4.69, 9.17) is 16.6 Å². The molecule has 0 aliphatic carbocycles. The lowest BCUT2D eigenvalue weighted by atomic mass is 9.92. The molecule has 2 amide bonds. The number of likely N-dealkylation sites (N-methyl/N-ethyl adjacent to an activating group) is 1. The number of rotatable bonds is 7. The van der Waals surface area contributed by atoms with Crippen LogP contribution in [0.25, 0.3) is 0 Å². The molecule has 3 rings (SSSR count). The Morgan fingerprint density at radius 3 is 2.63 bits per heavy atom. The van der Waals surface area contributed by atoms with Crippen molar-refractivity contribution in [2.24, 2.45) is 4.99 Å². The predicted molar refractivity (Wildman–Crippen MR) is 123 cm³/mol. The summed E-state index contributed by atoms with van der Waals surface area (Å²) >= 11 is 7.78. The molecule has 2 aliphatic heterocycles. The van der Waals surface area contributed by atoms with Crippen LogP contribution in [0.15, 0.2) is 51.6 Å². The molecule has 1 aromatic carbocycles. The Hall–Kier alpha value is -2.25. The molecule has 0 saturated heterocycles. The number of allylic oxidation sites excluding steroid dienone is 1. The third-order valence-corrected chi connectivity index (χ3v) is 6.29. The molecule has 1 aromatic rings. The Labute approximate surface area is 187 Å². The number of aliphatic imine (C=N–C) groups is 1. The summed E-state index contributed by atoms with van der Waals surface area (Å²) in [5.41, 5.74) is 3.04. The maximum atomic E-state index is 13.5. The first-order valence-corrected chi connectivity index (χ1v) is 11.4. The van der Waals surface area contributed by atoms with Crippen molar-refractivity contribution in [2.75, 3.05) is 19.6 Å². The van der Waals surface area contributed by atoms with Crippen molar-refractivity contribution in [3.05, 3.63) is 57.2 Å². The molecule has 0 spiro atoms. The van der Waals surface area contributed by atoms with Gasteiger partial charge in [0.1, 0.15) is 0 Å². The van der Waals surface area contributed by atoms with Crippen LogP contribution in [0.1, 0.15) is 45.7 Å². The van der Waals surface area contributed by atoms with E-state index in [2.05, 4.69) is 5.32 Å². The molecule has 8 heteroatoms. The second-order valence-electron chi connectivity index (χ2n) is 7.06. The number of halogens is 1. The van der Waals surface area contributed by atoms with Gasteiger partial charge in [-0.3, -0.25) is 9.59 Å². The Morgan fingerprint density at radius 1 is 1.27 bits per heavy atom. The fourth-order valence-electron chi connectivity index (χ4n) is 3.74. The highest BCUT2D eigenvalue weighted by Crippen LogP contribution is 2.45. The monoisotopic (exact) mass is 446 g/mol. The highest BCUT2D eigenvalue weighted by molar-refractivity contribution is 8.16. The smallest absolute Gasteiger partial charge is 0.254 e. The van der Waals surface area contributed by atoms with Crippen LogP contribution in [0.4, 0.5) is 0 Å². The fourth-order valence-corrected chi connectivity index (χ4v) is 4.90. The van der Waals surface area contributed by atoms with Crippen LogP contribution in [0.2, 0.25) is 5.02 Å². The van der Waals surface area contributed by atoms with Crippen LogP contribution in [-0.2, 0) is 9.59 Å². The van der Waals surface area contributed by atoms with Crippen LogP contribution < -0.4 is 5.32 Å². The zero-order chi connectivity index (χ0) is 21.8. The SMILES string of the molecule is CCNC(=O)CC1=CSC2=NC(C)=C(C(=O)N(CC)CC)C(c3cccc(Cl)c3)N12. The van der Waals surface area contributed by atoms with Gasteiger partial charge in [-0.15, -0.1) is 0 Å². The zero-order valence-electron chi connectivity index (χ0n) is 17.7. The van der Waals surface area contributed by atoms with Crippen LogP contribution >= 0.6 is 23.4 Å². The molecule has 2 heterocycles. The quantitative estimate of drug-likeness (QED) is 0.677. The lowest BCUT2D eigenvalue weighted by molar-refractivity contribution is -0.127.